The minimum atomic E-state index is -0.353. The molecule has 8 heteroatoms. The Balaban J connectivity index is 1.49. The summed E-state index contributed by atoms with van der Waals surface area (Å²) < 4.78 is 1.47. The topological polar surface area (TPSA) is 81.7 Å². The van der Waals surface area contributed by atoms with Gasteiger partial charge in [-0.2, -0.15) is 0 Å². The summed E-state index contributed by atoms with van der Waals surface area (Å²) in [5.74, 6) is -0.706. The van der Waals surface area contributed by atoms with Crippen molar-refractivity contribution in [2.24, 2.45) is 7.05 Å². The van der Waals surface area contributed by atoms with E-state index in [-0.39, 0.29) is 17.5 Å². The average Bonchev–Trinajstić information content (AvgIpc) is 3.11. The molecule has 2 amide bonds. The number of imidazole rings is 1. The van der Waals surface area contributed by atoms with Gasteiger partial charge in [0.25, 0.3) is 11.8 Å². The Morgan fingerprint density at radius 1 is 0.818 bits per heavy atom. The number of fused-ring (bicyclic) bond motifs is 1. The summed E-state index contributed by atoms with van der Waals surface area (Å²) in [5, 5.41) is 1.65. The first-order valence-corrected chi connectivity index (χ1v) is 11.0. The number of piperazine rings is 1. The van der Waals surface area contributed by atoms with Crippen molar-refractivity contribution in [1.29, 1.82) is 0 Å². The van der Waals surface area contributed by atoms with Crippen LogP contribution in [0.5, 0.6) is 0 Å². The van der Waals surface area contributed by atoms with Crippen LogP contribution in [0.2, 0.25) is 0 Å². The number of amides is 2. The Hall–Kier alpha value is -3.91. The zero-order valence-corrected chi connectivity index (χ0v) is 18.5. The van der Waals surface area contributed by atoms with Gasteiger partial charge in [-0.15, -0.1) is 0 Å². The molecule has 1 saturated heterocycles. The fraction of sp³-hybridized carbons (Fsp3) is 0.240. The van der Waals surface area contributed by atoms with Gasteiger partial charge in [0.2, 0.25) is 0 Å². The highest BCUT2D eigenvalue weighted by Gasteiger charge is 2.35. The number of aryl methyl sites for hydroxylation is 1. The summed E-state index contributed by atoms with van der Waals surface area (Å²) in [5.41, 5.74) is 3.57. The summed E-state index contributed by atoms with van der Waals surface area (Å²) in [7, 11) is 3.77. The first-order valence-electron chi connectivity index (χ1n) is 11.0. The largest absolute Gasteiger partial charge is 0.368 e. The highest BCUT2D eigenvalue weighted by Crippen LogP contribution is 2.38. The summed E-state index contributed by atoms with van der Waals surface area (Å²) in [6, 6.07) is 14.6. The molecule has 3 aromatic carbocycles. The molecule has 1 N–H and O–H groups in total. The number of carbonyl (C=O) groups excluding carboxylic acids is 2. The van der Waals surface area contributed by atoms with E-state index < -0.39 is 0 Å². The number of carbonyl (C=O) groups is 2. The molecule has 2 aliphatic heterocycles. The van der Waals surface area contributed by atoms with Crippen molar-refractivity contribution in [3.05, 3.63) is 70.1 Å². The molecule has 33 heavy (non-hydrogen) atoms. The van der Waals surface area contributed by atoms with E-state index in [9.17, 15) is 14.4 Å². The van der Waals surface area contributed by atoms with Crippen LogP contribution in [0, 0.1) is 0 Å². The van der Waals surface area contributed by atoms with Crippen LogP contribution in [0.25, 0.3) is 21.8 Å². The smallest absolute Gasteiger partial charge is 0.326 e. The predicted octanol–water partition coefficient (Wildman–Crippen LogP) is 2.57. The van der Waals surface area contributed by atoms with Crippen LogP contribution >= 0.6 is 0 Å². The van der Waals surface area contributed by atoms with Crippen LogP contribution < -0.4 is 15.5 Å². The fourth-order valence-corrected chi connectivity index (χ4v) is 4.99. The lowest BCUT2D eigenvalue weighted by Crippen LogP contribution is -2.45. The zero-order valence-electron chi connectivity index (χ0n) is 18.5. The van der Waals surface area contributed by atoms with E-state index in [1.165, 1.54) is 9.47 Å². The van der Waals surface area contributed by atoms with Crippen molar-refractivity contribution in [3.8, 4) is 0 Å². The van der Waals surface area contributed by atoms with Crippen molar-refractivity contribution in [2.45, 2.75) is 0 Å². The Morgan fingerprint density at radius 3 is 2.30 bits per heavy atom. The number of hydrogen-bond acceptors (Lipinski definition) is 5. The summed E-state index contributed by atoms with van der Waals surface area (Å²) in [6.07, 6.45) is 0. The second kappa shape index (κ2) is 7.05. The molecule has 2 aliphatic rings. The molecular formula is C25H23N5O3. The summed E-state index contributed by atoms with van der Waals surface area (Å²) in [6.45, 7) is 3.74. The molecule has 0 atom stereocenters. The van der Waals surface area contributed by atoms with E-state index in [1.807, 2.05) is 24.3 Å². The summed E-state index contributed by atoms with van der Waals surface area (Å²) in [4.78, 5) is 47.7. The van der Waals surface area contributed by atoms with Crippen molar-refractivity contribution < 1.29 is 9.59 Å². The van der Waals surface area contributed by atoms with E-state index in [0.29, 0.717) is 27.8 Å². The lowest BCUT2D eigenvalue weighted by atomic mass is 9.92. The van der Waals surface area contributed by atoms with Crippen LogP contribution in [-0.2, 0) is 7.05 Å². The molecular weight excluding hydrogens is 418 g/mol. The highest BCUT2D eigenvalue weighted by atomic mass is 16.2. The molecule has 8 nitrogen and oxygen atoms in total. The molecule has 0 aliphatic carbocycles. The van der Waals surface area contributed by atoms with Crippen LogP contribution in [0.3, 0.4) is 0 Å². The number of hydrogen-bond donors (Lipinski definition) is 1. The van der Waals surface area contributed by atoms with E-state index in [4.69, 9.17) is 0 Å². The molecule has 4 aromatic rings. The van der Waals surface area contributed by atoms with Gasteiger partial charge in [0.05, 0.1) is 16.7 Å². The second-order valence-corrected chi connectivity index (χ2v) is 8.79. The number of benzene rings is 3. The Bertz CT molecular complexity index is 1500. The van der Waals surface area contributed by atoms with Gasteiger partial charge in [-0.25, -0.2) is 9.69 Å². The number of aromatic amines is 1. The molecule has 0 radical (unpaired) electrons. The molecule has 3 heterocycles. The maximum atomic E-state index is 13.6. The van der Waals surface area contributed by atoms with Gasteiger partial charge in [-0.3, -0.25) is 14.2 Å². The molecule has 0 saturated carbocycles. The molecule has 1 fully saturated rings. The van der Waals surface area contributed by atoms with E-state index >= 15 is 0 Å². The average molecular weight is 441 g/mol. The molecule has 6 rings (SSSR count). The normalized spacial score (nSPS) is 16.9. The van der Waals surface area contributed by atoms with Gasteiger partial charge in [0.15, 0.2) is 0 Å². The number of nitrogens with one attached hydrogen (secondary N) is 1. The first-order chi connectivity index (χ1) is 15.9. The van der Waals surface area contributed by atoms with Crippen molar-refractivity contribution >= 4 is 45.0 Å². The van der Waals surface area contributed by atoms with Gasteiger partial charge in [0.1, 0.15) is 0 Å². The number of imide groups is 1. The number of anilines is 2. The lowest BCUT2D eigenvalue weighted by molar-refractivity contribution is 0.0893. The maximum Gasteiger partial charge on any atom is 0.326 e. The highest BCUT2D eigenvalue weighted by molar-refractivity contribution is 6.36. The number of likely N-dealkylation sites (N-methyl/N-ethyl adjacent to an activating group) is 1. The quantitative estimate of drug-likeness (QED) is 0.484. The maximum absolute atomic E-state index is 13.6. The van der Waals surface area contributed by atoms with E-state index in [2.05, 4.69) is 21.8 Å². The Kier molecular flexibility index (Phi) is 4.22. The van der Waals surface area contributed by atoms with Crippen LogP contribution in [0.1, 0.15) is 20.7 Å². The van der Waals surface area contributed by atoms with Crippen LogP contribution in [0.15, 0.2) is 53.3 Å². The number of H-pyrrole nitrogens is 1. The monoisotopic (exact) mass is 441 g/mol. The Labute approximate surface area is 189 Å². The minimum Gasteiger partial charge on any atom is -0.368 e. The molecule has 0 bridgehead atoms. The van der Waals surface area contributed by atoms with Gasteiger partial charge in [-0.05, 0) is 43.4 Å². The van der Waals surface area contributed by atoms with Gasteiger partial charge in [-0.1, -0.05) is 12.1 Å². The van der Waals surface area contributed by atoms with Gasteiger partial charge in [0, 0.05) is 60.8 Å². The zero-order chi connectivity index (χ0) is 22.9. The third kappa shape index (κ3) is 2.84. The van der Waals surface area contributed by atoms with Gasteiger partial charge < -0.3 is 14.8 Å². The number of rotatable bonds is 2. The Morgan fingerprint density at radius 2 is 1.55 bits per heavy atom. The van der Waals surface area contributed by atoms with Crippen molar-refractivity contribution in [2.75, 3.05) is 43.0 Å². The van der Waals surface area contributed by atoms with Crippen LogP contribution in [0.4, 0.5) is 11.4 Å². The standard InChI is InChI=1S/C25H23N5O3/c1-27-10-12-29(13-11-27)20-9-7-18-22-16(20)4-3-5-17(22)23(31)30(24(18)32)15-6-8-19-21(14-15)28(2)25(33)26-19/h3-9,14H,10-13H2,1-2H3,(H,26,33). The summed E-state index contributed by atoms with van der Waals surface area (Å²) >= 11 is 0. The third-order valence-electron chi connectivity index (χ3n) is 6.88. The first kappa shape index (κ1) is 19.8. The van der Waals surface area contributed by atoms with Crippen LogP contribution in [-0.4, -0.2) is 59.5 Å². The predicted molar refractivity (Wildman–Crippen MR) is 128 cm³/mol. The van der Waals surface area contributed by atoms with E-state index in [0.717, 1.165) is 42.6 Å². The molecule has 1 aromatic heterocycles. The number of aromatic nitrogens is 2. The SMILES string of the molecule is CN1CCN(c2ccc3c4c(cccc24)C(=O)N(c2ccc4[nH]c(=O)n(C)c4c2)C3=O)CC1. The van der Waals surface area contributed by atoms with Gasteiger partial charge >= 0.3 is 5.69 Å². The van der Waals surface area contributed by atoms with E-state index in [1.54, 1.807) is 31.3 Å². The third-order valence-corrected chi connectivity index (χ3v) is 6.88. The van der Waals surface area contributed by atoms with Crippen molar-refractivity contribution in [1.82, 2.24) is 14.5 Å². The fourth-order valence-electron chi connectivity index (χ4n) is 4.99. The lowest BCUT2D eigenvalue weighted by Gasteiger charge is -2.35. The molecule has 166 valence electrons. The molecule has 0 unspecified atom stereocenters. The molecule has 0 spiro atoms. The second-order valence-electron chi connectivity index (χ2n) is 8.79. The van der Waals surface area contributed by atoms with Crippen molar-refractivity contribution in [3.63, 3.8) is 0 Å². The number of nitrogens with zero attached hydrogens (tertiary/aromatic N) is 4. The minimum absolute atomic E-state index is 0.245.